The highest BCUT2D eigenvalue weighted by Gasteiger charge is 2.41. The van der Waals surface area contributed by atoms with Crippen molar-refractivity contribution in [3.63, 3.8) is 0 Å². The summed E-state index contributed by atoms with van der Waals surface area (Å²) in [7, 11) is 0. The lowest BCUT2D eigenvalue weighted by atomic mass is 9.73. The van der Waals surface area contributed by atoms with Gasteiger partial charge in [0.1, 0.15) is 6.10 Å². The van der Waals surface area contributed by atoms with Crippen molar-refractivity contribution < 1.29 is 14.3 Å². The highest BCUT2D eigenvalue weighted by atomic mass is 35.5. The van der Waals surface area contributed by atoms with Gasteiger partial charge in [0.05, 0.1) is 13.2 Å². The molecule has 2 fully saturated rings. The summed E-state index contributed by atoms with van der Waals surface area (Å²) in [6, 6.07) is 20.3. The quantitative estimate of drug-likeness (QED) is 0.831. The lowest BCUT2D eigenvalue weighted by molar-refractivity contribution is -0.176. The van der Waals surface area contributed by atoms with Gasteiger partial charge in [0.15, 0.2) is 6.10 Å². The normalized spacial score (nSPS) is 23.8. The Morgan fingerprint density at radius 1 is 0.966 bits per heavy atom. The zero-order chi connectivity index (χ0) is 19.4. The summed E-state index contributed by atoms with van der Waals surface area (Å²) < 4.78 is 11.8. The van der Waals surface area contributed by atoms with Crippen LogP contribution in [0.2, 0.25) is 0 Å². The maximum atomic E-state index is 13.3. The molecule has 2 N–H and O–H groups in total. The fourth-order valence-corrected chi connectivity index (χ4v) is 4.38. The molecule has 29 heavy (non-hydrogen) atoms. The van der Waals surface area contributed by atoms with E-state index in [2.05, 4.69) is 24.3 Å². The Morgan fingerprint density at radius 2 is 1.55 bits per heavy atom. The van der Waals surface area contributed by atoms with Crippen LogP contribution in [0.4, 0.5) is 0 Å². The van der Waals surface area contributed by atoms with Crippen LogP contribution < -0.4 is 5.73 Å². The van der Waals surface area contributed by atoms with Gasteiger partial charge in [-0.1, -0.05) is 60.7 Å². The molecule has 2 saturated heterocycles. The smallest absolute Gasteiger partial charge is 0.254 e. The van der Waals surface area contributed by atoms with Gasteiger partial charge >= 0.3 is 0 Å². The Labute approximate surface area is 178 Å². The van der Waals surface area contributed by atoms with E-state index in [1.165, 1.54) is 5.56 Å². The minimum absolute atomic E-state index is 0. The molecule has 2 aromatic carbocycles. The molecule has 2 unspecified atom stereocenters. The monoisotopic (exact) mass is 416 g/mol. The second kappa shape index (κ2) is 9.72. The van der Waals surface area contributed by atoms with Crippen LogP contribution in [0.5, 0.6) is 0 Å². The number of hydrogen-bond donors (Lipinski definition) is 1. The standard InChI is InChI=1S/C23H28N2O3.ClH/c24-17-23(19-9-5-2-6-10-19)11-13-25(14-12-23)22(26)21-20(27-15-16-28-21)18-7-3-1-4-8-18;/h1-10,20-21H,11-17,24H2;1H. The molecule has 5 nitrogen and oxygen atoms in total. The highest BCUT2D eigenvalue weighted by Crippen LogP contribution is 2.36. The summed E-state index contributed by atoms with van der Waals surface area (Å²) in [4.78, 5) is 15.2. The van der Waals surface area contributed by atoms with Gasteiger partial charge in [-0.2, -0.15) is 0 Å². The summed E-state index contributed by atoms with van der Waals surface area (Å²) in [6.45, 7) is 2.92. The number of hydrogen-bond acceptors (Lipinski definition) is 4. The second-order valence-corrected chi connectivity index (χ2v) is 7.67. The highest BCUT2D eigenvalue weighted by molar-refractivity contribution is 5.85. The number of likely N-dealkylation sites (tertiary alicyclic amines) is 1. The molecule has 4 rings (SSSR count). The minimum atomic E-state index is -0.585. The molecule has 2 heterocycles. The molecule has 0 aromatic heterocycles. The Bertz CT molecular complexity index is 779. The summed E-state index contributed by atoms with van der Waals surface area (Å²) in [5.41, 5.74) is 8.38. The van der Waals surface area contributed by atoms with Gasteiger partial charge in [0.25, 0.3) is 5.91 Å². The molecular formula is C23H29ClN2O3. The molecule has 0 radical (unpaired) electrons. The third-order valence-corrected chi connectivity index (χ3v) is 6.13. The van der Waals surface area contributed by atoms with Crippen LogP contribution in [-0.2, 0) is 19.7 Å². The summed E-state index contributed by atoms with van der Waals surface area (Å²) >= 11 is 0. The summed E-state index contributed by atoms with van der Waals surface area (Å²) in [6.07, 6.45) is 0.794. The molecule has 6 heteroatoms. The van der Waals surface area contributed by atoms with Gasteiger partial charge in [0.2, 0.25) is 0 Å². The van der Waals surface area contributed by atoms with Crippen LogP contribution in [-0.4, -0.2) is 49.8 Å². The molecule has 156 valence electrons. The van der Waals surface area contributed by atoms with Crippen molar-refractivity contribution >= 4 is 18.3 Å². The zero-order valence-electron chi connectivity index (χ0n) is 16.5. The van der Waals surface area contributed by atoms with Crippen LogP contribution in [0.1, 0.15) is 30.1 Å². The van der Waals surface area contributed by atoms with Crippen LogP contribution >= 0.6 is 12.4 Å². The van der Waals surface area contributed by atoms with Crippen LogP contribution in [0, 0.1) is 0 Å². The van der Waals surface area contributed by atoms with E-state index in [9.17, 15) is 4.79 Å². The van der Waals surface area contributed by atoms with Crippen LogP contribution in [0.15, 0.2) is 60.7 Å². The third-order valence-electron chi connectivity index (χ3n) is 6.13. The lowest BCUT2D eigenvalue weighted by Crippen LogP contribution is -2.53. The Balaban J connectivity index is 0.00000240. The van der Waals surface area contributed by atoms with E-state index in [0.29, 0.717) is 32.8 Å². The van der Waals surface area contributed by atoms with E-state index in [1.807, 2.05) is 41.3 Å². The first-order valence-electron chi connectivity index (χ1n) is 10.1. The Morgan fingerprint density at radius 3 is 2.17 bits per heavy atom. The molecule has 2 atom stereocenters. The number of carbonyl (C=O) groups excluding carboxylic acids is 1. The molecular weight excluding hydrogens is 388 g/mol. The number of nitrogens with two attached hydrogens (primary N) is 1. The van der Waals surface area contributed by atoms with Crippen molar-refractivity contribution in [1.82, 2.24) is 4.90 Å². The SMILES string of the molecule is Cl.NCC1(c2ccccc2)CCN(C(=O)C2OCCOC2c2ccccc2)CC1. The van der Waals surface area contributed by atoms with E-state index in [-0.39, 0.29) is 29.8 Å². The van der Waals surface area contributed by atoms with Gasteiger partial charge in [-0.3, -0.25) is 4.79 Å². The van der Waals surface area contributed by atoms with Crippen molar-refractivity contribution in [2.75, 3.05) is 32.8 Å². The van der Waals surface area contributed by atoms with Crippen molar-refractivity contribution in [3.8, 4) is 0 Å². The topological polar surface area (TPSA) is 64.8 Å². The fourth-order valence-electron chi connectivity index (χ4n) is 4.38. The van der Waals surface area contributed by atoms with Gasteiger partial charge in [-0.25, -0.2) is 0 Å². The summed E-state index contributed by atoms with van der Waals surface area (Å²) in [5, 5.41) is 0. The Hall–Kier alpha value is -1.92. The first kappa shape index (κ1) is 21.8. The predicted molar refractivity (Wildman–Crippen MR) is 115 cm³/mol. The van der Waals surface area contributed by atoms with Crippen molar-refractivity contribution in [2.24, 2.45) is 5.73 Å². The molecule has 2 aliphatic rings. The van der Waals surface area contributed by atoms with E-state index < -0.39 is 6.10 Å². The Kier molecular flexibility index (Phi) is 7.30. The van der Waals surface area contributed by atoms with E-state index >= 15 is 0 Å². The molecule has 0 bridgehead atoms. The van der Waals surface area contributed by atoms with Crippen molar-refractivity contribution in [3.05, 3.63) is 71.8 Å². The van der Waals surface area contributed by atoms with Crippen molar-refractivity contribution in [1.29, 1.82) is 0 Å². The second-order valence-electron chi connectivity index (χ2n) is 7.67. The maximum absolute atomic E-state index is 13.3. The van der Waals surface area contributed by atoms with E-state index in [1.54, 1.807) is 0 Å². The number of rotatable bonds is 4. The number of amides is 1. The zero-order valence-corrected chi connectivity index (χ0v) is 17.4. The minimum Gasteiger partial charge on any atom is -0.368 e. The maximum Gasteiger partial charge on any atom is 0.254 e. The number of nitrogens with zero attached hydrogens (tertiary/aromatic N) is 1. The first-order valence-corrected chi connectivity index (χ1v) is 10.1. The average molecular weight is 417 g/mol. The number of piperidine rings is 1. The van der Waals surface area contributed by atoms with Crippen molar-refractivity contribution in [2.45, 2.75) is 30.5 Å². The van der Waals surface area contributed by atoms with Gasteiger partial charge in [-0.15, -0.1) is 12.4 Å². The predicted octanol–water partition coefficient (Wildman–Crippen LogP) is 3.08. The number of carbonyl (C=O) groups is 1. The van der Waals surface area contributed by atoms with E-state index in [4.69, 9.17) is 15.2 Å². The van der Waals surface area contributed by atoms with Gasteiger partial charge < -0.3 is 20.1 Å². The molecule has 2 aliphatic heterocycles. The number of halogens is 1. The molecule has 1 amide bonds. The number of benzene rings is 2. The van der Waals surface area contributed by atoms with Gasteiger partial charge in [0, 0.05) is 25.0 Å². The van der Waals surface area contributed by atoms with Crippen LogP contribution in [0.3, 0.4) is 0 Å². The fraction of sp³-hybridized carbons (Fsp3) is 0.435. The largest absolute Gasteiger partial charge is 0.368 e. The van der Waals surface area contributed by atoms with Gasteiger partial charge in [-0.05, 0) is 24.0 Å². The van der Waals surface area contributed by atoms with Crippen LogP contribution in [0.25, 0.3) is 0 Å². The molecule has 2 aromatic rings. The molecule has 0 aliphatic carbocycles. The third kappa shape index (κ3) is 4.48. The molecule has 0 saturated carbocycles. The lowest BCUT2D eigenvalue weighted by Gasteiger charge is -2.43. The number of ether oxygens (including phenoxy) is 2. The first-order chi connectivity index (χ1) is 13.7. The molecule has 0 spiro atoms. The average Bonchev–Trinajstić information content (AvgIpc) is 2.80. The summed E-state index contributed by atoms with van der Waals surface area (Å²) in [5.74, 6) is 0.0206. The van der Waals surface area contributed by atoms with E-state index in [0.717, 1.165) is 18.4 Å².